The van der Waals surface area contributed by atoms with Gasteiger partial charge in [-0.15, -0.1) is 0 Å². The summed E-state index contributed by atoms with van der Waals surface area (Å²) in [4.78, 5) is 10.8. The van der Waals surface area contributed by atoms with Crippen molar-refractivity contribution in [1.82, 2.24) is 24.6 Å². The first kappa shape index (κ1) is 21.0. The minimum absolute atomic E-state index is 0.105. The van der Waals surface area contributed by atoms with Gasteiger partial charge in [0.1, 0.15) is 23.6 Å². The number of nitriles is 1. The maximum absolute atomic E-state index is 12.5. The van der Waals surface area contributed by atoms with Gasteiger partial charge in [0.05, 0.1) is 18.1 Å². The number of aromatic nitrogens is 4. The molecule has 3 heterocycles. The van der Waals surface area contributed by atoms with Crippen LogP contribution in [0, 0.1) is 17.2 Å². The van der Waals surface area contributed by atoms with Crippen LogP contribution in [-0.4, -0.2) is 44.3 Å². The Kier molecular flexibility index (Phi) is 5.48. The van der Waals surface area contributed by atoms with Gasteiger partial charge in [-0.05, 0) is 41.8 Å². The molecule has 0 amide bonds. The van der Waals surface area contributed by atoms with E-state index in [1.165, 1.54) is 12.4 Å². The summed E-state index contributed by atoms with van der Waals surface area (Å²) in [6, 6.07) is 12.8. The zero-order chi connectivity index (χ0) is 22.9. The van der Waals surface area contributed by atoms with Gasteiger partial charge in [-0.3, -0.25) is 4.90 Å². The van der Waals surface area contributed by atoms with Crippen LogP contribution in [-0.2, 0) is 6.67 Å². The summed E-state index contributed by atoms with van der Waals surface area (Å²) in [6.07, 6.45) is 3.09. The second-order valence-corrected chi connectivity index (χ2v) is 8.07. The lowest BCUT2D eigenvalue weighted by molar-refractivity contribution is -0.0497. The Bertz CT molecular complexity index is 1360. The first-order valence-electron chi connectivity index (χ1n) is 10.6. The number of nitrogens with two attached hydrogens (primary N) is 1. The molecule has 4 aromatic rings. The predicted molar refractivity (Wildman–Crippen MR) is 119 cm³/mol. The van der Waals surface area contributed by atoms with Crippen LogP contribution >= 0.6 is 0 Å². The largest absolute Gasteiger partial charge is 0.435 e. The van der Waals surface area contributed by atoms with Crippen LogP contribution in [0.25, 0.3) is 33.1 Å². The summed E-state index contributed by atoms with van der Waals surface area (Å²) in [5, 5.41) is 16.3. The van der Waals surface area contributed by atoms with Crippen molar-refractivity contribution in [1.29, 1.82) is 5.26 Å². The number of fused-ring (bicyclic) bond motifs is 2. The van der Waals surface area contributed by atoms with Gasteiger partial charge in [0.15, 0.2) is 5.65 Å². The number of anilines is 1. The Morgan fingerprint density at radius 2 is 1.88 bits per heavy atom. The van der Waals surface area contributed by atoms with E-state index < -0.39 is 6.61 Å². The Morgan fingerprint density at radius 3 is 2.64 bits per heavy atom. The topological polar surface area (TPSA) is 106 Å². The van der Waals surface area contributed by atoms with E-state index in [-0.39, 0.29) is 11.7 Å². The van der Waals surface area contributed by atoms with Crippen LogP contribution in [0.1, 0.15) is 12.8 Å². The highest BCUT2D eigenvalue weighted by Gasteiger charge is 2.22. The molecule has 2 N–H and O–H groups in total. The number of likely N-dealkylation sites (tertiary alicyclic amines) is 1. The van der Waals surface area contributed by atoms with Gasteiger partial charge in [0, 0.05) is 24.6 Å². The monoisotopic (exact) mass is 449 g/mol. The lowest BCUT2D eigenvalue weighted by atomic mass is 9.99. The molecule has 0 atom stereocenters. The molecule has 0 aliphatic carbocycles. The Hall–Kier alpha value is -3.84. The number of nitrogen functional groups attached to an aromatic ring is 1. The highest BCUT2D eigenvalue weighted by molar-refractivity contribution is 6.00. The Morgan fingerprint density at radius 1 is 1.12 bits per heavy atom. The van der Waals surface area contributed by atoms with Crippen LogP contribution in [0.15, 0.2) is 42.7 Å². The SMILES string of the molecule is N#CC1CCN(Cn2nc(-c3ccc4cc(OC(F)F)ccc4c3)c3c(N)ncnc32)CC1. The zero-order valence-electron chi connectivity index (χ0n) is 17.7. The highest BCUT2D eigenvalue weighted by atomic mass is 19.3. The summed E-state index contributed by atoms with van der Waals surface area (Å²) >= 11 is 0. The summed E-state index contributed by atoms with van der Waals surface area (Å²) in [5.41, 5.74) is 8.33. The molecule has 1 fully saturated rings. The molecule has 2 aromatic carbocycles. The van der Waals surface area contributed by atoms with Crippen molar-refractivity contribution >= 4 is 27.6 Å². The van der Waals surface area contributed by atoms with Gasteiger partial charge < -0.3 is 10.5 Å². The molecule has 8 nitrogen and oxygen atoms in total. The molecule has 168 valence electrons. The van der Waals surface area contributed by atoms with E-state index in [9.17, 15) is 8.78 Å². The maximum atomic E-state index is 12.5. The van der Waals surface area contributed by atoms with E-state index >= 15 is 0 Å². The molecule has 0 spiro atoms. The molecular formula is C23H21F2N7O. The fraction of sp³-hybridized carbons (Fsp3) is 0.304. The van der Waals surface area contributed by atoms with Crippen molar-refractivity contribution in [3.8, 4) is 23.1 Å². The molecule has 1 saturated heterocycles. The Balaban J connectivity index is 1.51. The average molecular weight is 449 g/mol. The number of benzene rings is 2. The number of nitrogens with zero attached hydrogens (tertiary/aromatic N) is 6. The molecule has 0 saturated carbocycles. The Labute approximate surface area is 188 Å². The summed E-state index contributed by atoms with van der Waals surface area (Å²) < 4.78 is 31.4. The van der Waals surface area contributed by atoms with E-state index in [4.69, 9.17) is 16.1 Å². The van der Waals surface area contributed by atoms with Crippen molar-refractivity contribution in [2.45, 2.75) is 26.1 Å². The van der Waals surface area contributed by atoms with Gasteiger partial charge >= 0.3 is 6.61 Å². The van der Waals surface area contributed by atoms with Crippen LogP contribution in [0.3, 0.4) is 0 Å². The van der Waals surface area contributed by atoms with E-state index in [0.29, 0.717) is 29.2 Å². The number of ether oxygens (including phenoxy) is 1. The maximum Gasteiger partial charge on any atom is 0.387 e. The average Bonchev–Trinajstić information content (AvgIpc) is 3.18. The fourth-order valence-electron chi connectivity index (χ4n) is 4.27. The molecule has 1 aliphatic rings. The molecule has 0 bridgehead atoms. The number of halogens is 2. The van der Waals surface area contributed by atoms with Gasteiger partial charge in [-0.2, -0.15) is 19.1 Å². The predicted octanol–water partition coefficient (Wildman–Crippen LogP) is 4.02. The third-order valence-electron chi connectivity index (χ3n) is 5.97. The third kappa shape index (κ3) is 4.15. The van der Waals surface area contributed by atoms with Crippen LogP contribution in [0.4, 0.5) is 14.6 Å². The second kappa shape index (κ2) is 8.60. The zero-order valence-corrected chi connectivity index (χ0v) is 17.7. The molecule has 1 aliphatic heterocycles. The van der Waals surface area contributed by atoms with E-state index in [0.717, 1.165) is 42.3 Å². The van der Waals surface area contributed by atoms with E-state index in [2.05, 4.69) is 25.7 Å². The summed E-state index contributed by atoms with van der Waals surface area (Å²) in [6.45, 7) is -0.707. The number of hydrogen-bond acceptors (Lipinski definition) is 7. The van der Waals surface area contributed by atoms with E-state index in [1.54, 1.807) is 12.1 Å². The normalized spacial score (nSPS) is 15.3. The molecule has 33 heavy (non-hydrogen) atoms. The van der Waals surface area contributed by atoms with E-state index in [1.807, 2.05) is 22.9 Å². The first-order valence-corrected chi connectivity index (χ1v) is 10.6. The molecular weight excluding hydrogens is 428 g/mol. The highest BCUT2D eigenvalue weighted by Crippen LogP contribution is 2.33. The third-order valence-corrected chi connectivity index (χ3v) is 5.97. The van der Waals surface area contributed by atoms with Crippen LogP contribution in [0.5, 0.6) is 5.75 Å². The van der Waals surface area contributed by atoms with Crippen LogP contribution < -0.4 is 10.5 Å². The van der Waals surface area contributed by atoms with Gasteiger partial charge in [-0.1, -0.05) is 18.2 Å². The minimum Gasteiger partial charge on any atom is -0.435 e. The van der Waals surface area contributed by atoms with Crippen molar-refractivity contribution < 1.29 is 13.5 Å². The molecule has 2 aromatic heterocycles. The quantitative estimate of drug-likeness (QED) is 0.490. The molecule has 10 heteroatoms. The number of rotatable bonds is 5. The summed E-state index contributed by atoms with van der Waals surface area (Å²) in [7, 11) is 0. The van der Waals surface area contributed by atoms with Gasteiger partial charge in [0.25, 0.3) is 0 Å². The van der Waals surface area contributed by atoms with Crippen molar-refractivity contribution in [3.05, 3.63) is 42.7 Å². The smallest absolute Gasteiger partial charge is 0.387 e. The number of hydrogen-bond donors (Lipinski definition) is 1. The standard InChI is InChI=1S/C23H21F2N7O/c24-23(25)33-18-4-3-15-9-17(2-1-16(15)10-18)20-19-21(27)28-12-29-22(19)32(30-20)13-31-7-5-14(11-26)6-8-31/h1-4,9-10,12,14,23H,5-8,13H2,(H2,27,28,29). The molecule has 0 radical (unpaired) electrons. The fourth-order valence-corrected chi connectivity index (χ4v) is 4.27. The lowest BCUT2D eigenvalue weighted by Gasteiger charge is -2.28. The van der Waals surface area contributed by atoms with Crippen molar-refractivity contribution in [2.24, 2.45) is 5.92 Å². The molecule has 0 unspecified atom stereocenters. The van der Waals surface area contributed by atoms with Gasteiger partial charge in [0.2, 0.25) is 0 Å². The number of alkyl halides is 2. The van der Waals surface area contributed by atoms with Gasteiger partial charge in [-0.25, -0.2) is 14.6 Å². The number of piperidine rings is 1. The lowest BCUT2D eigenvalue weighted by Crippen LogP contribution is -2.35. The van der Waals surface area contributed by atoms with Crippen molar-refractivity contribution in [3.63, 3.8) is 0 Å². The first-order chi connectivity index (χ1) is 16.0. The van der Waals surface area contributed by atoms with Crippen LogP contribution in [0.2, 0.25) is 0 Å². The second-order valence-electron chi connectivity index (χ2n) is 8.07. The molecule has 5 rings (SSSR count). The van der Waals surface area contributed by atoms with Crippen molar-refractivity contribution in [2.75, 3.05) is 18.8 Å². The summed E-state index contributed by atoms with van der Waals surface area (Å²) in [5.74, 6) is 0.552. The minimum atomic E-state index is -2.87.